The molecule has 0 N–H and O–H groups in total. The molecule has 0 radical (unpaired) electrons. The number of piperidine rings is 1. The topological polar surface area (TPSA) is 95.5 Å². The molecule has 0 saturated carbocycles. The zero-order chi connectivity index (χ0) is 18.5. The highest BCUT2D eigenvalue weighted by Gasteiger charge is 2.26. The van der Waals surface area contributed by atoms with Crippen LogP contribution in [0.25, 0.3) is 0 Å². The Morgan fingerprint density at radius 2 is 2.15 bits per heavy atom. The van der Waals surface area contributed by atoms with Gasteiger partial charge < -0.3 is 18.9 Å². The first-order chi connectivity index (χ1) is 12.6. The molecule has 142 valence electrons. The summed E-state index contributed by atoms with van der Waals surface area (Å²) in [5.41, 5.74) is 1.48. The molecule has 1 fully saturated rings. The van der Waals surface area contributed by atoms with Crippen molar-refractivity contribution in [1.82, 2.24) is 24.8 Å². The molecular weight excluding hydrogens is 338 g/mol. The first kappa shape index (κ1) is 18.5. The van der Waals surface area contributed by atoms with E-state index in [9.17, 15) is 4.79 Å². The minimum Gasteiger partial charge on any atom is -0.378 e. The molecule has 1 saturated heterocycles. The van der Waals surface area contributed by atoms with Crippen molar-refractivity contribution in [2.24, 2.45) is 7.05 Å². The fourth-order valence-corrected chi connectivity index (χ4v) is 3.09. The maximum Gasteiger partial charge on any atom is 0.272 e. The summed E-state index contributed by atoms with van der Waals surface area (Å²) in [6, 6.07) is 1.83. The number of rotatable bonds is 7. The van der Waals surface area contributed by atoms with Crippen LogP contribution < -0.4 is 0 Å². The van der Waals surface area contributed by atoms with Crippen molar-refractivity contribution < 1.29 is 18.8 Å². The molecule has 1 aliphatic heterocycles. The van der Waals surface area contributed by atoms with E-state index in [4.69, 9.17) is 14.0 Å². The molecule has 3 heterocycles. The Kier molecular flexibility index (Phi) is 6.00. The molecule has 9 heteroatoms. The second kappa shape index (κ2) is 8.41. The van der Waals surface area contributed by atoms with Crippen molar-refractivity contribution in [2.45, 2.75) is 38.9 Å². The second-order valence-corrected chi connectivity index (χ2v) is 6.44. The van der Waals surface area contributed by atoms with E-state index in [0.717, 1.165) is 18.5 Å². The van der Waals surface area contributed by atoms with E-state index in [1.807, 2.05) is 17.9 Å². The summed E-state index contributed by atoms with van der Waals surface area (Å²) in [5, 5.41) is 8.13. The van der Waals surface area contributed by atoms with Crippen LogP contribution in [0.5, 0.6) is 0 Å². The fourth-order valence-electron chi connectivity index (χ4n) is 3.09. The lowest BCUT2D eigenvalue weighted by Gasteiger charge is -2.31. The van der Waals surface area contributed by atoms with Crippen LogP contribution in [0.15, 0.2) is 10.6 Å². The lowest BCUT2D eigenvalue weighted by atomic mass is 10.1. The third kappa shape index (κ3) is 4.47. The summed E-state index contributed by atoms with van der Waals surface area (Å²) in [6.07, 6.45) is 2.39. The molecule has 0 aliphatic carbocycles. The first-order valence-electron chi connectivity index (χ1n) is 8.78. The van der Waals surface area contributed by atoms with Gasteiger partial charge in [0.25, 0.3) is 11.8 Å². The van der Waals surface area contributed by atoms with E-state index >= 15 is 0 Å². The average molecular weight is 363 g/mol. The first-order valence-corrected chi connectivity index (χ1v) is 8.78. The molecular formula is C17H25N5O4. The standard InChI is InChI=1S/C17H25N5O4/c1-12-10-14(21(2)19-12)17(23)22-7-4-13(5-8-22)25-9-6-15-18-16(11-24-3)26-20-15/h10,13H,4-9,11H2,1-3H3. The second-order valence-electron chi connectivity index (χ2n) is 6.44. The SMILES string of the molecule is COCc1nc(CCOC2CCN(C(=O)c3cc(C)nn3C)CC2)no1. The van der Waals surface area contributed by atoms with Crippen molar-refractivity contribution in [3.63, 3.8) is 0 Å². The van der Waals surface area contributed by atoms with Gasteiger partial charge in [-0.1, -0.05) is 5.16 Å². The summed E-state index contributed by atoms with van der Waals surface area (Å²) >= 11 is 0. The van der Waals surface area contributed by atoms with Crippen molar-refractivity contribution in [2.75, 3.05) is 26.8 Å². The van der Waals surface area contributed by atoms with E-state index in [1.165, 1.54) is 0 Å². The number of aromatic nitrogens is 4. The normalized spacial score (nSPS) is 15.6. The summed E-state index contributed by atoms with van der Waals surface area (Å²) in [7, 11) is 3.38. The number of carbonyl (C=O) groups is 1. The number of hydrogen-bond acceptors (Lipinski definition) is 7. The van der Waals surface area contributed by atoms with Gasteiger partial charge in [0.05, 0.1) is 18.4 Å². The van der Waals surface area contributed by atoms with Crippen molar-refractivity contribution >= 4 is 5.91 Å². The fraction of sp³-hybridized carbons (Fsp3) is 0.647. The van der Waals surface area contributed by atoms with Gasteiger partial charge in [0.1, 0.15) is 12.3 Å². The smallest absolute Gasteiger partial charge is 0.272 e. The Balaban J connectivity index is 1.40. The lowest BCUT2D eigenvalue weighted by Crippen LogP contribution is -2.41. The van der Waals surface area contributed by atoms with Crippen LogP contribution in [0.1, 0.15) is 40.7 Å². The van der Waals surface area contributed by atoms with Gasteiger partial charge in [-0.2, -0.15) is 10.1 Å². The summed E-state index contributed by atoms with van der Waals surface area (Å²) in [5.74, 6) is 1.12. The maximum atomic E-state index is 12.6. The highest BCUT2D eigenvalue weighted by atomic mass is 16.5. The number of hydrogen-bond donors (Lipinski definition) is 0. The van der Waals surface area contributed by atoms with E-state index in [1.54, 1.807) is 18.8 Å². The Morgan fingerprint density at radius 1 is 1.38 bits per heavy atom. The summed E-state index contributed by atoms with van der Waals surface area (Å²) < 4.78 is 17.5. The molecule has 1 amide bonds. The molecule has 9 nitrogen and oxygen atoms in total. The number of likely N-dealkylation sites (tertiary alicyclic amines) is 1. The highest BCUT2D eigenvalue weighted by Crippen LogP contribution is 2.17. The highest BCUT2D eigenvalue weighted by molar-refractivity contribution is 5.92. The van der Waals surface area contributed by atoms with Gasteiger partial charge in [-0.3, -0.25) is 9.48 Å². The van der Waals surface area contributed by atoms with Gasteiger partial charge in [0, 0.05) is 33.7 Å². The van der Waals surface area contributed by atoms with Crippen LogP contribution >= 0.6 is 0 Å². The van der Waals surface area contributed by atoms with Crippen LogP contribution in [-0.4, -0.2) is 63.6 Å². The van der Waals surface area contributed by atoms with Gasteiger partial charge in [-0.15, -0.1) is 0 Å². The molecule has 0 atom stereocenters. The molecule has 2 aromatic rings. The Labute approximate surface area is 152 Å². The van der Waals surface area contributed by atoms with Gasteiger partial charge in [0.15, 0.2) is 5.82 Å². The predicted octanol–water partition coefficient (Wildman–Crippen LogP) is 1.12. The quantitative estimate of drug-likeness (QED) is 0.727. The van der Waals surface area contributed by atoms with Crippen LogP contribution in [0.4, 0.5) is 0 Å². The molecule has 26 heavy (non-hydrogen) atoms. The van der Waals surface area contributed by atoms with E-state index in [2.05, 4.69) is 15.2 Å². The molecule has 0 aromatic carbocycles. The largest absolute Gasteiger partial charge is 0.378 e. The average Bonchev–Trinajstić information content (AvgIpc) is 3.21. The van der Waals surface area contributed by atoms with Gasteiger partial charge in [-0.25, -0.2) is 0 Å². The third-order valence-electron chi connectivity index (χ3n) is 4.41. The third-order valence-corrected chi connectivity index (χ3v) is 4.41. The zero-order valence-electron chi connectivity index (χ0n) is 15.5. The van der Waals surface area contributed by atoms with E-state index < -0.39 is 0 Å². The number of aryl methyl sites for hydroxylation is 2. The summed E-state index contributed by atoms with van der Waals surface area (Å²) in [4.78, 5) is 18.7. The number of nitrogens with zero attached hydrogens (tertiary/aromatic N) is 5. The number of amides is 1. The minimum atomic E-state index is 0.0315. The molecule has 0 spiro atoms. The molecule has 0 bridgehead atoms. The van der Waals surface area contributed by atoms with Crippen molar-refractivity contribution in [1.29, 1.82) is 0 Å². The van der Waals surface area contributed by atoms with E-state index in [0.29, 0.717) is 50.1 Å². The Hall–Kier alpha value is -2.26. The zero-order valence-corrected chi connectivity index (χ0v) is 15.5. The van der Waals surface area contributed by atoms with Gasteiger partial charge >= 0.3 is 0 Å². The summed E-state index contributed by atoms with van der Waals surface area (Å²) in [6.45, 7) is 4.11. The lowest BCUT2D eigenvalue weighted by molar-refractivity contribution is 0.00919. The Bertz CT molecular complexity index is 733. The number of ether oxygens (including phenoxy) is 2. The Morgan fingerprint density at radius 3 is 2.81 bits per heavy atom. The van der Waals surface area contributed by atoms with Crippen LogP contribution in [-0.2, 0) is 29.5 Å². The number of carbonyl (C=O) groups excluding carboxylic acids is 1. The molecule has 3 rings (SSSR count). The molecule has 2 aromatic heterocycles. The monoisotopic (exact) mass is 363 g/mol. The van der Waals surface area contributed by atoms with Crippen LogP contribution in [0.3, 0.4) is 0 Å². The van der Waals surface area contributed by atoms with Crippen molar-refractivity contribution in [3.05, 3.63) is 29.2 Å². The predicted molar refractivity (Wildman–Crippen MR) is 91.5 cm³/mol. The van der Waals surface area contributed by atoms with Crippen LogP contribution in [0.2, 0.25) is 0 Å². The minimum absolute atomic E-state index is 0.0315. The number of methoxy groups -OCH3 is 1. The van der Waals surface area contributed by atoms with Gasteiger partial charge in [0.2, 0.25) is 0 Å². The molecule has 1 aliphatic rings. The maximum absolute atomic E-state index is 12.6. The van der Waals surface area contributed by atoms with Crippen LogP contribution in [0, 0.1) is 6.92 Å². The van der Waals surface area contributed by atoms with Crippen molar-refractivity contribution in [3.8, 4) is 0 Å². The van der Waals surface area contributed by atoms with Gasteiger partial charge in [-0.05, 0) is 25.8 Å². The molecule has 0 unspecified atom stereocenters. The van der Waals surface area contributed by atoms with E-state index in [-0.39, 0.29) is 12.0 Å².